The summed E-state index contributed by atoms with van der Waals surface area (Å²) in [6.07, 6.45) is 0. The van der Waals surface area contributed by atoms with Gasteiger partial charge in [0.2, 0.25) is 0 Å². The molecule has 54 valence electrons. The van der Waals surface area contributed by atoms with Crippen LogP contribution in [0.5, 0.6) is 0 Å². The Bertz CT molecular complexity index is 235. The van der Waals surface area contributed by atoms with E-state index in [1.165, 1.54) is 12.1 Å². The Balaban J connectivity index is 3.34. The predicted molar refractivity (Wildman–Crippen MR) is 49.1 cm³/mol. The molecule has 1 rings (SSSR count). The van der Waals surface area contributed by atoms with Crippen LogP contribution in [0.1, 0.15) is 0 Å². The molecule has 0 aliphatic carbocycles. The second-order valence-corrected chi connectivity index (χ2v) is 3.52. The molecule has 0 aliphatic rings. The van der Waals surface area contributed by atoms with Gasteiger partial charge >= 0.3 is 0 Å². The molecule has 1 aromatic carbocycles. The monoisotopic (exact) mass is 290 g/mol. The van der Waals surface area contributed by atoms with Gasteiger partial charge in [-0.3, -0.25) is 0 Å². The SMILES string of the molecule is Fc1ccc(Cl)c(Cl)c1I. The lowest BCUT2D eigenvalue weighted by atomic mass is 10.3. The summed E-state index contributed by atoms with van der Waals surface area (Å²) in [5.41, 5.74) is 0. The first-order valence-corrected chi connectivity index (χ1v) is 4.25. The molecule has 0 heterocycles. The number of halogens is 4. The minimum Gasteiger partial charge on any atom is -0.206 e. The molecule has 0 fully saturated rings. The summed E-state index contributed by atoms with van der Waals surface area (Å²) in [6.45, 7) is 0. The van der Waals surface area contributed by atoms with Crippen LogP contribution in [0.2, 0.25) is 10.0 Å². The third kappa shape index (κ3) is 1.54. The summed E-state index contributed by atoms with van der Waals surface area (Å²) in [5, 5.41) is 0.662. The van der Waals surface area contributed by atoms with Crippen molar-refractivity contribution in [3.63, 3.8) is 0 Å². The van der Waals surface area contributed by atoms with Crippen molar-refractivity contribution in [3.8, 4) is 0 Å². The van der Waals surface area contributed by atoms with Crippen molar-refractivity contribution in [1.82, 2.24) is 0 Å². The molecule has 0 saturated carbocycles. The van der Waals surface area contributed by atoms with E-state index in [2.05, 4.69) is 0 Å². The van der Waals surface area contributed by atoms with Gasteiger partial charge in [0.25, 0.3) is 0 Å². The van der Waals surface area contributed by atoms with Gasteiger partial charge in [-0.25, -0.2) is 4.39 Å². The zero-order chi connectivity index (χ0) is 7.72. The van der Waals surface area contributed by atoms with Gasteiger partial charge in [-0.1, -0.05) is 23.2 Å². The maximum Gasteiger partial charge on any atom is 0.138 e. The van der Waals surface area contributed by atoms with Crippen molar-refractivity contribution in [2.24, 2.45) is 0 Å². The van der Waals surface area contributed by atoms with E-state index in [1.54, 1.807) is 22.6 Å². The molecule has 0 aromatic heterocycles. The van der Waals surface area contributed by atoms with Gasteiger partial charge in [-0.2, -0.15) is 0 Å². The largest absolute Gasteiger partial charge is 0.206 e. The molecule has 0 saturated heterocycles. The number of benzene rings is 1. The van der Waals surface area contributed by atoms with E-state index in [0.717, 1.165) is 0 Å². The van der Waals surface area contributed by atoms with Crippen molar-refractivity contribution in [1.29, 1.82) is 0 Å². The molecule has 10 heavy (non-hydrogen) atoms. The fraction of sp³-hybridized carbons (Fsp3) is 0. The highest BCUT2D eigenvalue weighted by atomic mass is 127. The Morgan fingerprint density at radius 2 is 1.90 bits per heavy atom. The van der Waals surface area contributed by atoms with Gasteiger partial charge in [0.05, 0.1) is 13.6 Å². The summed E-state index contributed by atoms with van der Waals surface area (Å²) in [6, 6.07) is 2.72. The average Bonchev–Trinajstić information content (AvgIpc) is 1.93. The maximum absolute atomic E-state index is 12.6. The molecular formula is C6H2Cl2FI. The topological polar surface area (TPSA) is 0 Å². The second kappa shape index (κ2) is 3.24. The van der Waals surface area contributed by atoms with Crippen LogP contribution < -0.4 is 0 Å². The van der Waals surface area contributed by atoms with Crippen LogP contribution in [0.3, 0.4) is 0 Å². The predicted octanol–water partition coefficient (Wildman–Crippen LogP) is 3.74. The van der Waals surface area contributed by atoms with E-state index in [4.69, 9.17) is 23.2 Å². The van der Waals surface area contributed by atoms with E-state index >= 15 is 0 Å². The summed E-state index contributed by atoms with van der Waals surface area (Å²) < 4.78 is 13.0. The molecule has 1 aromatic rings. The first kappa shape index (κ1) is 8.56. The molecule has 0 amide bonds. The maximum atomic E-state index is 12.6. The highest BCUT2D eigenvalue weighted by molar-refractivity contribution is 14.1. The summed E-state index contributed by atoms with van der Waals surface area (Å²) >= 11 is 13.0. The fourth-order valence-corrected chi connectivity index (χ4v) is 1.44. The van der Waals surface area contributed by atoms with Gasteiger partial charge in [0, 0.05) is 0 Å². The molecule has 0 N–H and O–H groups in total. The van der Waals surface area contributed by atoms with Crippen LogP contribution >= 0.6 is 45.8 Å². The minimum absolute atomic E-state index is 0.280. The lowest BCUT2D eigenvalue weighted by Crippen LogP contribution is -1.82. The van der Waals surface area contributed by atoms with Crippen LogP contribution in [0, 0.1) is 9.39 Å². The molecule has 0 aliphatic heterocycles. The van der Waals surface area contributed by atoms with E-state index in [9.17, 15) is 4.39 Å². The molecule has 0 nitrogen and oxygen atoms in total. The molecule has 4 heteroatoms. The van der Waals surface area contributed by atoms with Gasteiger partial charge in [-0.05, 0) is 34.7 Å². The number of hydrogen-bond acceptors (Lipinski definition) is 0. The van der Waals surface area contributed by atoms with Crippen molar-refractivity contribution in [3.05, 3.63) is 31.6 Å². The molecule has 0 unspecified atom stereocenters. The van der Waals surface area contributed by atoms with Gasteiger partial charge in [0.1, 0.15) is 5.82 Å². The molecule has 0 atom stereocenters. The molecule has 0 spiro atoms. The smallest absolute Gasteiger partial charge is 0.138 e. The third-order valence-electron chi connectivity index (χ3n) is 0.988. The van der Waals surface area contributed by atoms with Crippen molar-refractivity contribution < 1.29 is 4.39 Å². The summed E-state index contributed by atoms with van der Waals surface area (Å²) in [7, 11) is 0. The van der Waals surface area contributed by atoms with Crippen LogP contribution in [-0.4, -0.2) is 0 Å². The van der Waals surface area contributed by atoms with E-state index in [0.29, 0.717) is 8.59 Å². The average molecular weight is 291 g/mol. The van der Waals surface area contributed by atoms with Gasteiger partial charge in [0.15, 0.2) is 0 Å². The lowest BCUT2D eigenvalue weighted by Gasteiger charge is -1.98. The molecule has 0 radical (unpaired) electrons. The van der Waals surface area contributed by atoms with Gasteiger partial charge < -0.3 is 0 Å². The van der Waals surface area contributed by atoms with Crippen LogP contribution in [0.25, 0.3) is 0 Å². The van der Waals surface area contributed by atoms with E-state index < -0.39 is 0 Å². The standard InChI is InChI=1S/C6H2Cl2FI/c7-3-1-2-4(9)6(10)5(3)8/h1-2H. The highest BCUT2D eigenvalue weighted by Crippen LogP contribution is 2.28. The van der Waals surface area contributed by atoms with E-state index in [-0.39, 0.29) is 10.8 Å². The van der Waals surface area contributed by atoms with Crippen molar-refractivity contribution in [2.75, 3.05) is 0 Å². The molecule has 0 bridgehead atoms. The van der Waals surface area contributed by atoms with Crippen molar-refractivity contribution >= 4 is 45.8 Å². The van der Waals surface area contributed by atoms with Crippen LogP contribution in [0.4, 0.5) is 4.39 Å². The second-order valence-electron chi connectivity index (χ2n) is 1.66. The molecular weight excluding hydrogens is 289 g/mol. The van der Waals surface area contributed by atoms with Crippen molar-refractivity contribution in [2.45, 2.75) is 0 Å². The van der Waals surface area contributed by atoms with Crippen LogP contribution in [-0.2, 0) is 0 Å². The quantitative estimate of drug-likeness (QED) is 0.388. The number of rotatable bonds is 0. The van der Waals surface area contributed by atoms with E-state index in [1.807, 2.05) is 0 Å². The van der Waals surface area contributed by atoms with Gasteiger partial charge in [-0.15, -0.1) is 0 Å². The lowest BCUT2D eigenvalue weighted by molar-refractivity contribution is 0.620. The highest BCUT2D eigenvalue weighted by Gasteiger charge is 2.06. The Morgan fingerprint density at radius 3 is 2.40 bits per heavy atom. The first-order chi connectivity index (χ1) is 4.63. The Kier molecular flexibility index (Phi) is 2.77. The van der Waals surface area contributed by atoms with Crippen LogP contribution in [0.15, 0.2) is 12.1 Å². The zero-order valence-electron chi connectivity index (χ0n) is 4.67. The Labute approximate surface area is 81.5 Å². The normalized spacial score (nSPS) is 10.0. The Morgan fingerprint density at radius 1 is 1.30 bits per heavy atom. The summed E-state index contributed by atoms with van der Waals surface area (Å²) in [4.78, 5) is 0. The third-order valence-corrected chi connectivity index (χ3v) is 3.17. The first-order valence-electron chi connectivity index (χ1n) is 2.42. The minimum atomic E-state index is -0.338. The zero-order valence-corrected chi connectivity index (χ0v) is 8.34. The Hall–Kier alpha value is 0.460. The fourth-order valence-electron chi connectivity index (χ4n) is 0.502. The summed E-state index contributed by atoms with van der Waals surface area (Å²) in [5.74, 6) is -0.338. The number of hydrogen-bond donors (Lipinski definition) is 0.